The van der Waals surface area contributed by atoms with Crippen LogP contribution < -0.4 is 11.1 Å². The van der Waals surface area contributed by atoms with Crippen molar-refractivity contribution < 1.29 is 14.4 Å². The minimum Gasteiger partial charge on any atom is -0.375 e. The highest BCUT2D eigenvalue weighted by atomic mass is 32.1. The third-order valence-corrected chi connectivity index (χ3v) is 7.96. The molecule has 0 aliphatic carbocycles. The zero-order valence-electron chi connectivity index (χ0n) is 22.0. The average Bonchev–Trinajstić information content (AvgIpc) is 3.47. The van der Waals surface area contributed by atoms with Crippen LogP contribution in [0.5, 0.6) is 0 Å². The van der Waals surface area contributed by atoms with Crippen LogP contribution in [0.25, 0.3) is 10.2 Å². The number of unbranched alkanes of at least 4 members (excludes halogenated alkanes) is 1. The molecule has 204 valence electrons. The molecule has 2 aliphatic heterocycles. The summed E-state index contributed by atoms with van der Waals surface area (Å²) in [5.41, 5.74) is 8.36. The summed E-state index contributed by atoms with van der Waals surface area (Å²) in [4.78, 5) is 48.6. The molecule has 2 atom stereocenters. The average molecular weight is 548 g/mol. The number of carbonyl (C=O) groups excluding carboxylic acids is 3. The molecule has 10 nitrogen and oxygen atoms in total. The number of aromatic nitrogens is 1. The number of hydrogen-bond donors (Lipinski definition) is 2. The van der Waals surface area contributed by atoms with E-state index in [0.717, 1.165) is 34.2 Å². The number of nitrogen functional groups attached to an aromatic ring is 1. The van der Waals surface area contributed by atoms with Gasteiger partial charge in [-0.3, -0.25) is 14.6 Å². The van der Waals surface area contributed by atoms with Gasteiger partial charge in [-0.2, -0.15) is 5.01 Å². The highest BCUT2D eigenvalue weighted by Gasteiger charge is 2.52. The normalized spacial score (nSPS) is 19.4. The predicted molar refractivity (Wildman–Crippen MR) is 151 cm³/mol. The van der Waals surface area contributed by atoms with E-state index in [0.29, 0.717) is 18.2 Å². The van der Waals surface area contributed by atoms with Crippen LogP contribution in [0, 0.1) is 0 Å². The molecule has 0 spiro atoms. The number of thiazole rings is 1. The van der Waals surface area contributed by atoms with Crippen LogP contribution in [-0.2, 0) is 16.1 Å². The van der Waals surface area contributed by atoms with Crippen molar-refractivity contribution in [2.24, 2.45) is 0 Å². The summed E-state index contributed by atoms with van der Waals surface area (Å²) in [6, 6.07) is 14.1. The van der Waals surface area contributed by atoms with Gasteiger partial charge in [-0.25, -0.2) is 9.78 Å². The number of urea groups is 1. The Morgan fingerprint density at radius 2 is 2.03 bits per heavy atom. The molecule has 3 N–H and O–H groups in total. The molecule has 0 saturated carbocycles. The predicted octanol–water partition coefficient (Wildman–Crippen LogP) is 3.35. The second kappa shape index (κ2) is 11.4. The molecule has 1 aromatic heterocycles. The number of carbonyl (C=O) groups is 3. The molecule has 0 unspecified atom stereocenters. The first kappa shape index (κ1) is 26.6. The van der Waals surface area contributed by atoms with Crippen LogP contribution in [-0.4, -0.2) is 75.0 Å². The molecule has 11 heteroatoms. The van der Waals surface area contributed by atoms with E-state index < -0.39 is 12.2 Å². The molecule has 2 fully saturated rings. The molecule has 2 aliphatic rings. The van der Waals surface area contributed by atoms with E-state index in [2.05, 4.69) is 23.8 Å². The Balaban J connectivity index is 1.51. The Morgan fingerprint density at radius 3 is 2.77 bits per heavy atom. The summed E-state index contributed by atoms with van der Waals surface area (Å²) >= 11 is 1.40. The minimum atomic E-state index is -0.809. The molecular weight excluding hydrogens is 514 g/mol. The summed E-state index contributed by atoms with van der Waals surface area (Å²) in [5.74, 6) is -0.373. The summed E-state index contributed by atoms with van der Waals surface area (Å²) < 4.78 is 0.953. The van der Waals surface area contributed by atoms with Gasteiger partial charge in [0.05, 0.1) is 29.9 Å². The summed E-state index contributed by atoms with van der Waals surface area (Å²) in [6.45, 7) is 7.18. The molecule has 39 heavy (non-hydrogen) atoms. The number of benzene rings is 2. The van der Waals surface area contributed by atoms with Gasteiger partial charge in [0.2, 0.25) is 5.91 Å². The van der Waals surface area contributed by atoms with Crippen molar-refractivity contribution in [3.05, 3.63) is 72.3 Å². The number of hydrazine groups is 1. The van der Waals surface area contributed by atoms with Crippen molar-refractivity contribution in [3.8, 4) is 0 Å². The molecule has 4 amide bonds. The zero-order chi connectivity index (χ0) is 27.5. The van der Waals surface area contributed by atoms with Gasteiger partial charge in [0.25, 0.3) is 5.91 Å². The highest BCUT2D eigenvalue weighted by Crippen LogP contribution is 2.37. The molecule has 0 bridgehead atoms. The van der Waals surface area contributed by atoms with E-state index in [1.54, 1.807) is 20.9 Å². The molecule has 0 radical (unpaired) electrons. The fourth-order valence-electron chi connectivity index (χ4n) is 5.29. The lowest BCUT2D eigenvalue weighted by molar-refractivity contribution is -0.158. The number of piperazine rings is 1. The number of fused-ring (bicyclic) bond motifs is 2. The second-order valence-corrected chi connectivity index (χ2v) is 10.7. The largest absolute Gasteiger partial charge is 0.375 e. The van der Waals surface area contributed by atoms with Crippen LogP contribution in [0.4, 0.5) is 9.93 Å². The molecule has 2 aromatic carbocycles. The first-order valence-corrected chi connectivity index (χ1v) is 14.0. The van der Waals surface area contributed by atoms with Gasteiger partial charge in [0.1, 0.15) is 12.2 Å². The number of amides is 4. The first-order valence-electron chi connectivity index (χ1n) is 13.1. The molecule has 3 aromatic rings. The van der Waals surface area contributed by atoms with Gasteiger partial charge in [-0.1, -0.05) is 73.2 Å². The van der Waals surface area contributed by atoms with Crippen molar-refractivity contribution >= 4 is 44.5 Å². The number of nitrogens with two attached hydrogens (primary N) is 1. The highest BCUT2D eigenvalue weighted by molar-refractivity contribution is 7.22. The van der Waals surface area contributed by atoms with Crippen LogP contribution in [0.15, 0.2) is 61.2 Å². The number of rotatable bonds is 9. The molecule has 3 heterocycles. The quantitative estimate of drug-likeness (QED) is 0.314. The fraction of sp³-hybridized carbons (Fsp3) is 0.357. The van der Waals surface area contributed by atoms with E-state index in [1.807, 2.05) is 48.5 Å². The Kier molecular flexibility index (Phi) is 7.80. The monoisotopic (exact) mass is 547 g/mol. The van der Waals surface area contributed by atoms with Crippen LogP contribution >= 0.6 is 11.3 Å². The van der Waals surface area contributed by atoms with Gasteiger partial charge in [-0.05, 0) is 23.6 Å². The third kappa shape index (κ3) is 5.19. The Morgan fingerprint density at radius 1 is 1.23 bits per heavy atom. The smallest absolute Gasteiger partial charge is 0.332 e. The number of nitrogens with zero attached hydrogens (tertiary/aromatic N) is 5. The SMILES string of the molecule is C=CCN(C(=O)NCCCC)N1CC(=O)N2[C@@H](c3ccccc3)C(=O)N(Cc3cccc4sc(N)nc34)C[C@@H]21. The maximum absolute atomic E-state index is 14.0. The van der Waals surface area contributed by atoms with Crippen LogP contribution in [0.1, 0.15) is 36.9 Å². The Labute approximate surface area is 231 Å². The van der Waals surface area contributed by atoms with Crippen molar-refractivity contribution in [3.63, 3.8) is 0 Å². The second-order valence-electron chi connectivity index (χ2n) is 9.68. The molecular formula is C28H33N7O3S. The minimum absolute atomic E-state index is 0.0115. The van der Waals surface area contributed by atoms with E-state index in [1.165, 1.54) is 16.3 Å². The first-order chi connectivity index (χ1) is 18.9. The fourth-order valence-corrected chi connectivity index (χ4v) is 6.07. The lowest BCUT2D eigenvalue weighted by Crippen LogP contribution is -2.62. The number of anilines is 1. The van der Waals surface area contributed by atoms with Gasteiger partial charge in [0, 0.05) is 13.1 Å². The van der Waals surface area contributed by atoms with E-state index in [9.17, 15) is 14.4 Å². The van der Waals surface area contributed by atoms with Crippen molar-refractivity contribution in [1.29, 1.82) is 0 Å². The standard InChI is InChI=1S/C28H33N7O3S/c1-3-5-14-30-28(38)33(15-4-2)34-18-23(36)35-22(34)17-32(26(37)25(35)19-10-7-6-8-11-19)16-20-12-9-13-21-24(20)31-27(29)39-21/h4,6-13,22,25H,2-3,5,14-18H2,1H3,(H2,29,31)(H,30,38)/t22-,25+/m1/s1. The third-order valence-electron chi connectivity index (χ3n) is 7.11. The van der Waals surface area contributed by atoms with Gasteiger partial charge in [-0.15, -0.1) is 6.58 Å². The number of nitrogens with one attached hydrogen (secondary N) is 1. The number of hydrogen-bond acceptors (Lipinski definition) is 7. The molecule has 5 rings (SSSR count). The van der Waals surface area contributed by atoms with Crippen LogP contribution in [0.3, 0.4) is 0 Å². The topological polar surface area (TPSA) is 115 Å². The van der Waals surface area contributed by atoms with Crippen molar-refractivity contribution in [1.82, 2.24) is 30.1 Å². The Bertz CT molecular complexity index is 1380. The number of para-hydroxylation sites is 1. The van der Waals surface area contributed by atoms with Crippen molar-refractivity contribution in [2.45, 2.75) is 38.5 Å². The lowest BCUT2D eigenvalue weighted by atomic mass is 10.00. The maximum atomic E-state index is 14.0. The summed E-state index contributed by atoms with van der Waals surface area (Å²) in [6.07, 6.45) is 2.91. The van der Waals surface area contributed by atoms with Crippen LogP contribution in [0.2, 0.25) is 0 Å². The Hall–Kier alpha value is -3.96. The maximum Gasteiger partial charge on any atom is 0.332 e. The lowest BCUT2D eigenvalue weighted by Gasteiger charge is -2.46. The summed E-state index contributed by atoms with van der Waals surface area (Å²) in [7, 11) is 0. The van der Waals surface area contributed by atoms with Gasteiger partial charge >= 0.3 is 6.03 Å². The van der Waals surface area contributed by atoms with Crippen molar-refractivity contribution in [2.75, 3.05) is 31.9 Å². The van der Waals surface area contributed by atoms with E-state index >= 15 is 0 Å². The van der Waals surface area contributed by atoms with E-state index in [-0.39, 0.29) is 37.5 Å². The van der Waals surface area contributed by atoms with Gasteiger partial charge in [0.15, 0.2) is 5.13 Å². The summed E-state index contributed by atoms with van der Waals surface area (Å²) in [5, 5.41) is 6.72. The zero-order valence-corrected chi connectivity index (χ0v) is 22.8. The van der Waals surface area contributed by atoms with Gasteiger partial charge < -0.3 is 20.9 Å². The molecule has 2 saturated heterocycles. The van der Waals surface area contributed by atoms with E-state index in [4.69, 9.17) is 5.73 Å².